The second-order valence-corrected chi connectivity index (χ2v) is 23.7. The average molecular weight is 1090 g/mol. The Morgan fingerprint density at radius 2 is 0.695 bits per heavy atom. The minimum atomic E-state index is -0.860. The van der Waals surface area contributed by atoms with Crippen LogP contribution in [0.25, 0.3) is 53.6 Å². The quantitative estimate of drug-likeness (QED) is 0.120. The van der Waals surface area contributed by atoms with Gasteiger partial charge in [0, 0.05) is 54.3 Å². The van der Waals surface area contributed by atoms with E-state index in [-0.39, 0.29) is 22.7 Å². The maximum atomic E-state index is 14.4. The molecule has 0 atom stereocenters. The van der Waals surface area contributed by atoms with Crippen LogP contribution in [0.4, 0.5) is 0 Å². The number of thiophene rings is 2. The van der Waals surface area contributed by atoms with Crippen LogP contribution in [0.5, 0.6) is 0 Å². The summed E-state index contributed by atoms with van der Waals surface area (Å²) in [6.07, 6.45) is 3.71. The van der Waals surface area contributed by atoms with Crippen molar-refractivity contribution in [1.82, 2.24) is 0 Å². The van der Waals surface area contributed by atoms with Crippen molar-refractivity contribution in [2.45, 2.75) is 38.5 Å². The molecule has 8 heteroatoms. The van der Waals surface area contributed by atoms with E-state index in [9.17, 15) is 30.6 Å². The highest BCUT2D eigenvalue weighted by Crippen LogP contribution is 2.68. The van der Waals surface area contributed by atoms with Crippen LogP contribution in [0.1, 0.15) is 110 Å². The summed E-state index contributed by atoms with van der Waals surface area (Å²) in [4.78, 5) is 31.1. The molecule has 2 heterocycles. The number of fused-ring (bicyclic) bond motifs is 11. The zero-order chi connectivity index (χ0) is 56.3. The molecule has 384 valence electrons. The van der Waals surface area contributed by atoms with Gasteiger partial charge in [0.2, 0.25) is 0 Å². The van der Waals surface area contributed by atoms with Gasteiger partial charge < -0.3 is 0 Å². The highest BCUT2D eigenvalue weighted by molar-refractivity contribution is 7.32. The molecule has 0 unspecified atom stereocenters. The molecule has 6 nitrogen and oxygen atoms in total. The predicted molar refractivity (Wildman–Crippen MR) is 327 cm³/mol. The van der Waals surface area contributed by atoms with Gasteiger partial charge in [-0.05, 0) is 119 Å². The Balaban J connectivity index is 1.07. The minimum Gasteiger partial charge on any atom is -0.289 e. The lowest BCUT2D eigenvalue weighted by Gasteiger charge is -2.34. The van der Waals surface area contributed by atoms with Gasteiger partial charge in [-0.25, -0.2) is 0 Å². The maximum absolute atomic E-state index is 14.4. The molecule has 82 heavy (non-hydrogen) atoms. The second kappa shape index (κ2) is 18.6. The Bertz CT molecular complexity index is 4410. The molecular weight excluding hydrogens is 1040 g/mol. The Morgan fingerprint density at radius 1 is 0.390 bits per heavy atom. The largest absolute Gasteiger partial charge is 0.289 e. The van der Waals surface area contributed by atoms with E-state index in [2.05, 4.69) is 185 Å². The normalized spacial score (nSPS) is 15.5. The number of nitriles is 4. The molecule has 0 bridgehead atoms. The molecule has 0 N–H and O–H groups in total. The van der Waals surface area contributed by atoms with Crippen molar-refractivity contribution in [3.8, 4) is 45.2 Å². The van der Waals surface area contributed by atoms with Crippen molar-refractivity contribution in [2.24, 2.45) is 0 Å². The van der Waals surface area contributed by atoms with E-state index in [1.54, 1.807) is 36.4 Å². The molecule has 0 radical (unpaired) electrons. The van der Waals surface area contributed by atoms with Crippen LogP contribution in [-0.4, -0.2) is 11.6 Å². The van der Waals surface area contributed by atoms with E-state index in [4.69, 9.17) is 0 Å². The lowest BCUT2D eigenvalue weighted by atomic mass is 9.66. The summed E-state index contributed by atoms with van der Waals surface area (Å²) in [6.45, 7) is 8.43. The number of aryl methyl sites for hydroxylation is 4. The summed E-state index contributed by atoms with van der Waals surface area (Å²) in [6, 6.07) is 71.1. The fraction of sp³-hybridized carbons (Fsp3) is 0.0811. The van der Waals surface area contributed by atoms with Gasteiger partial charge in [-0.15, -0.1) is 22.7 Å². The monoisotopic (exact) mass is 1080 g/mol. The molecule has 0 saturated carbocycles. The lowest BCUT2D eigenvalue weighted by Crippen LogP contribution is -2.29. The van der Waals surface area contributed by atoms with Gasteiger partial charge >= 0.3 is 0 Å². The molecule has 2 aromatic heterocycles. The zero-order valence-electron chi connectivity index (χ0n) is 44.9. The number of allylic oxidation sites excluding steroid dienone is 6. The van der Waals surface area contributed by atoms with Crippen molar-refractivity contribution in [2.75, 3.05) is 0 Å². The van der Waals surface area contributed by atoms with Gasteiger partial charge in [-0.2, -0.15) is 21.0 Å². The summed E-state index contributed by atoms with van der Waals surface area (Å²) >= 11 is 3.64. The van der Waals surface area contributed by atoms with Crippen LogP contribution >= 0.6 is 22.7 Å². The van der Waals surface area contributed by atoms with Crippen LogP contribution in [0.3, 0.4) is 0 Å². The van der Waals surface area contributed by atoms with Crippen molar-refractivity contribution < 1.29 is 9.59 Å². The van der Waals surface area contributed by atoms with Gasteiger partial charge in [-0.1, -0.05) is 192 Å². The smallest absolute Gasteiger partial charge is 0.194 e. The number of Topliss-reactive ketones (excluding diaryl/α,β-unsaturated/α-hetero) is 2. The number of carbonyl (C=O) groups is 2. The SMILES string of the molecule is Cc1ccc(C2(c3ccc(C)cc3)c3cc(/C=C4\C(=O)c5ccccc5C4=C(C#N)C#N)ccc3-c3sc4c5c(sc4c32)-c2ccc(/C=C3\C(=O)c4ccccc4C3=C(C#N)C#N)cc2C5(c2ccc(C)cc2)c2ccc(C)cc2)cc1. The van der Waals surface area contributed by atoms with Gasteiger partial charge in [0.15, 0.2) is 11.6 Å². The van der Waals surface area contributed by atoms with Crippen molar-refractivity contribution in [1.29, 1.82) is 21.0 Å². The third-order valence-electron chi connectivity index (χ3n) is 17.1. The lowest BCUT2D eigenvalue weighted by molar-refractivity contribution is 0.103. The van der Waals surface area contributed by atoms with E-state index in [0.717, 1.165) is 87.6 Å². The van der Waals surface area contributed by atoms with Gasteiger partial charge in [0.1, 0.15) is 35.4 Å². The predicted octanol–water partition coefficient (Wildman–Crippen LogP) is 17.1. The molecule has 0 spiro atoms. The van der Waals surface area contributed by atoms with Crippen molar-refractivity contribution in [3.63, 3.8) is 0 Å². The first kappa shape index (κ1) is 49.9. The molecule has 0 aliphatic heterocycles. The number of ketones is 2. The number of benzene rings is 8. The molecule has 4 aliphatic carbocycles. The zero-order valence-corrected chi connectivity index (χ0v) is 46.5. The summed E-state index contributed by atoms with van der Waals surface area (Å²) in [5, 5.41) is 41.0. The van der Waals surface area contributed by atoms with Crippen LogP contribution in [0.15, 0.2) is 204 Å². The Kier molecular flexibility index (Phi) is 11.4. The Hall–Kier alpha value is -10.3. The molecule has 14 rings (SSSR count). The van der Waals surface area contributed by atoms with E-state index < -0.39 is 10.8 Å². The van der Waals surface area contributed by atoms with E-state index in [1.807, 2.05) is 47.0 Å². The van der Waals surface area contributed by atoms with Crippen LogP contribution in [0, 0.1) is 73.0 Å². The molecule has 10 aromatic rings. The van der Waals surface area contributed by atoms with Crippen LogP contribution < -0.4 is 0 Å². The molecule has 4 aliphatic rings. The van der Waals surface area contributed by atoms with E-state index in [0.29, 0.717) is 44.5 Å². The maximum Gasteiger partial charge on any atom is 0.194 e. The second-order valence-electron chi connectivity index (χ2n) is 21.7. The number of carbonyl (C=O) groups excluding carboxylic acids is 2. The molecule has 8 aromatic carbocycles. The van der Waals surface area contributed by atoms with Gasteiger partial charge in [0.05, 0.1) is 20.2 Å². The standard InChI is InChI=1S/C74H44N4O2S2/c1-41-13-23-49(24-14-41)73(50-25-15-42(2)16-26-50)61-35-45(33-59-63(47(37-75)38-76)53-9-5-7-11-55(53)67(59)79)21-31-57(61)69-65(73)71-72(81-69)66-70(82-71)58-32-22-46(34-60-64(48(39-77)40-78)54-10-6-8-12-56(54)68(60)80)36-62(58)74(66,51-27-17-43(3)18-28-51)52-29-19-44(4)20-30-52/h5-36H,1-4H3/b59-33-,60-34-. The Morgan fingerprint density at radius 3 is 1.00 bits per heavy atom. The van der Waals surface area contributed by atoms with E-state index in [1.165, 1.54) is 20.5 Å². The minimum absolute atomic E-state index is 0.108. The average Bonchev–Trinajstić information content (AvgIpc) is 1.55. The molecular formula is C74H44N4O2S2. The first-order chi connectivity index (χ1) is 39.9. The molecule has 0 saturated heterocycles. The number of hydrogen-bond donors (Lipinski definition) is 0. The third kappa shape index (κ3) is 6.94. The highest BCUT2D eigenvalue weighted by atomic mass is 32.1. The fourth-order valence-electron chi connectivity index (χ4n) is 13.4. The summed E-state index contributed by atoms with van der Waals surface area (Å²) in [7, 11) is 0. The Labute approximate surface area is 482 Å². The number of nitrogens with zero attached hydrogens (tertiary/aromatic N) is 4. The van der Waals surface area contributed by atoms with Gasteiger partial charge in [-0.3, -0.25) is 9.59 Å². The summed E-state index contributed by atoms with van der Waals surface area (Å²) < 4.78 is 2.35. The van der Waals surface area contributed by atoms with E-state index >= 15 is 0 Å². The van der Waals surface area contributed by atoms with Crippen molar-refractivity contribution in [3.05, 3.63) is 304 Å². The fourth-order valence-corrected chi connectivity index (χ4v) is 16.5. The van der Waals surface area contributed by atoms with Crippen LogP contribution in [0.2, 0.25) is 0 Å². The van der Waals surface area contributed by atoms with Crippen molar-refractivity contribution >= 4 is 66.9 Å². The molecule has 0 amide bonds. The number of hydrogen-bond acceptors (Lipinski definition) is 8. The molecule has 0 fully saturated rings. The highest BCUT2D eigenvalue weighted by Gasteiger charge is 2.54. The summed E-state index contributed by atoms with van der Waals surface area (Å²) in [5.41, 5.74) is 18.6. The third-order valence-corrected chi connectivity index (χ3v) is 19.7. The first-order valence-electron chi connectivity index (χ1n) is 26.9. The number of rotatable bonds is 6. The topological polar surface area (TPSA) is 129 Å². The van der Waals surface area contributed by atoms with Crippen LogP contribution in [-0.2, 0) is 10.8 Å². The summed E-state index contributed by atoms with van der Waals surface area (Å²) in [5.74, 6) is -0.459. The first-order valence-corrected chi connectivity index (χ1v) is 28.6. The van der Waals surface area contributed by atoms with Gasteiger partial charge in [0.25, 0.3) is 0 Å².